The van der Waals surface area contributed by atoms with Crippen LogP contribution in [0, 0.1) is 11.8 Å². The molecule has 0 aromatic heterocycles. The highest BCUT2D eigenvalue weighted by molar-refractivity contribution is 5.15. The van der Waals surface area contributed by atoms with E-state index in [0.717, 1.165) is 11.8 Å². The smallest absolute Gasteiger partial charge is 0.0240 e. The molecule has 5 rings (SSSR count). The van der Waals surface area contributed by atoms with Crippen LogP contribution in [0.4, 0.5) is 0 Å². The van der Waals surface area contributed by atoms with Crippen LogP contribution in [0.1, 0.15) is 56.9 Å². The van der Waals surface area contributed by atoms with Crippen molar-refractivity contribution in [3.05, 3.63) is 35.9 Å². The normalized spacial score (nSPS) is 36.2. The zero-order valence-corrected chi connectivity index (χ0v) is 13.3. The lowest BCUT2D eigenvalue weighted by Gasteiger charge is -2.59. The molecular formula is C20H29N. The molecule has 0 amide bonds. The van der Waals surface area contributed by atoms with Crippen LogP contribution in [0.15, 0.2) is 30.3 Å². The molecule has 1 nitrogen and oxygen atoms in total. The Bertz CT molecular complexity index is 460. The highest BCUT2D eigenvalue weighted by Crippen LogP contribution is 2.53. The Kier molecular flexibility index (Phi) is 3.79. The summed E-state index contributed by atoms with van der Waals surface area (Å²) in [4.78, 5) is 2.93. The Labute approximate surface area is 129 Å². The highest BCUT2D eigenvalue weighted by atomic mass is 15.2. The van der Waals surface area contributed by atoms with Crippen LogP contribution in [0.3, 0.4) is 0 Å². The largest absolute Gasteiger partial charge is 0.297 e. The molecule has 3 saturated carbocycles. The molecule has 114 valence electrons. The molecule has 4 aliphatic rings. The molecular weight excluding hydrogens is 254 g/mol. The Hall–Kier alpha value is -0.820. The SMILES string of the molecule is c1ccc(CCN2CCCCC23CC2CCC3CC2)cc1. The number of hydrogen-bond acceptors (Lipinski definition) is 1. The summed E-state index contributed by atoms with van der Waals surface area (Å²) >= 11 is 0. The number of fused-ring (bicyclic) bond motifs is 2. The molecule has 4 fully saturated rings. The van der Waals surface area contributed by atoms with Crippen molar-refractivity contribution in [3.8, 4) is 0 Å². The van der Waals surface area contributed by atoms with Crippen LogP contribution in [-0.4, -0.2) is 23.5 Å². The molecule has 0 N–H and O–H groups in total. The highest BCUT2D eigenvalue weighted by Gasteiger charge is 2.50. The van der Waals surface area contributed by atoms with Crippen molar-refractivity contribution in [3.63, 3.8) is 0 Å². The third-order valence-electron chi connectivity index (χ3n) is 6.68. The maximum absolute atomic E-state index is 2.93. The lowest BCUT2D eigenvalue weighted by molar-refractivity contribution is -0.0767. The van der Waals surface area contributed by atoms with E-state index in [1.165, 1.54) is 76.4 Å². The van der Waals surface area contributed by atoms with Crippen LogP contribution in [0.2, 0.25) is 0 Å². The monoisotopic (exact) mass is 283 g/mol. The molecule has 3 aliphatic carbocycles. The first-order valence-electron chi connectivity index (χ1n) is 9.16. The molecule has 2 bridgehead atoms. The number of likely N-dealkylation sites (tertiary alicyclic amines) is 1. The van der Waals surface area contributed by atoms with Gasteiger partial charge < -0.3 is 0 Å². The van der Waals surface area contributed by atoms with Gasteiger partial charge in [-0.1, -0.05) is 49.6 Å². The molecule has 0 radical (unpaired) electrons. The second kappa shape index (κ2) is 5.76. The molecule has 21 heavy (non-hydrogen) atoms. The van der Waals surface area contributed by atoms with E-state index in [1.54, 1.807) is 0 Å². The van der Waals surface area contributed by atoms with Crippen molar-refractivity contribution in [2.75, 3.05) is 13.1 Å². The van der Waals surface area contributed by atoms with Gasteiger partial charge in [-0.2, -0.15) is 0 Å². The number of hydrogen-bond donors (Lipinski definition) is 0. The molecule has 1 atom stereocenters. The summed E-state index contributed by atoms with van der Waals surface area (Å²) in [7, 11) is 0. The van der Waals surface area contributed by atoms with E-state index in [4.69, 9.17) is 0 Å². The van der Waals surface area contributed by atoms with E-state index in [9.17, 15) is 0 Å². The lowest BCUT2D eigenvalue weighted by Crippen LogP contribution is -2.61. The first-order chi connectivity index (χ1) is 10.4. The van der Waals surface area contributed by atoms with E-state index in [0.29, 0.717) is 5.54 Å². The summed E-state index contributed by atoms with van der Waals surface area (Å²) in [5.41, 5.74) is 2.12. The predicted molar refractivity (Wildman–Crippen MR) is 88.4 cm³/mol. The first-order valence-corrected chi connectivity index (χ1v) is 9.16. The van der Waals surface area contributed by atoms with Gasteiger partial charge in [0.05, 0.1) is 0 Å². The number of rotatable bonds is 3. The fraction of sp³-hybridized carbons (Fsp3) is 0.700. The van der Waals surface area contributed by atoms with Gasteiger partial charge in [-0.05, 0) is 62.5 Å². The van der Waals surface area contributed by atoms with Gasteiger partial charge in [-0.25, -0.2) is 0 Å². The van der Waals surface area contributed by atoms with Crippen molar-refractivity contribution in [2.24, 2.45) is 11.8 Å². The van der Waals surface area contributed by atoms with Crippen molar-refractivity contribution < 1.29 is 0 Å². The molecule has 1 aromatic carbocycles. The maximum Gasteiger partial charge on any atom is 0.0240 e. The summed E-state index contributed by atoms with van der Waals surface area (Å²) in [5, 5.41) is 0. The minimum absolute atomic E-state index is 0.605. The minimum Gasteiger partial charge on any atom is -0.297 e. The Morgan fingerprint density at radius 3 is 2.52 bits per heavy atom. The van der Waals surface area contributed by atoms with Gasteiger partial charge in [0.2, 0.25) is 0 Å². The van der Waals surface area contributed by atoms with E-state index in [1.807, 2.05) is 0 Å². The zero-order chi connectivity index (χ0) is 14.1. The third kappa shape index (κ3) is 2.54. The van der Waals surface area contributed by atoms with E-state index < -0.39 is 0 Å². The first kappa shape index (κ1) is 13.8. The topological polar surface area (TPSA) is 3.24 Å². The van der Waals surface area contributed by atoms with Gasteiger partial charge in [0, 0.05) is 12.1 Å². The Morgan fingerprint density at radius 1 is 1.00 bits per heavy atom. The van der Waals surface area contributed by atoms with Crippen LogP contribution in [0.5, 0.6) is 0 Å². The maximum atomic E-state index is 2.93. The second-order valence-corrected chi connectivity index (χ2v) is 7.71. The number of benzene rings is 1. The molecule has 1 heteroatoms. The van der Waals surface area contributed by atoms with Crippen molar-refractivity contribution in [2.45, 2.75) is 63.3 Å². The summed E-state index contributed by atoms with van der Waals surface area (Å²) < 4.78 is 0. The van der Waals surface area contributed by atoms with Crippen LogP contribution in [-0.2, 0) is 6.42 Å². The zero-order valence-electron chi connectivity index (χ0n) is 13.3. The van der Waals surface area contributed by atoms with E-state index in [2.05, 4.69) is 35.2 Å². The van der Waals surface area contributed by atoms with Gasteiger partial charge >= 0.3 is 0 Å². The fourth-order valence-corrected chi connectivity index (χ4v) is 5.62. The summed E-state index contributed by atoms with van der Waals surface area (Å²) in [6.45, 7) is 2.64. The standard InChI is InChI=1S/C20H29N/c1-2-6-17(7-3-1)12-15-21-14-5-4-13-20(21)16-18-8-10-19(20)11-9-18/h1-3,6-7,18-19H,4-5,8-16H2. The van der Waals surface area contributed by atoms with E-state index >= 15 is 0 Å². The Morgan fingerprint density at radius 2 is 1.81 bits per heavy atom. The second-order valence-electron chi connectivity index (χ2n) is 7.71. The number of nitrogens with zero attached hydrogens (tertiary/aromatic N) is 1. The molecule has 1 aliphatic heterocycles. The van der Waals surface area contributed by atoms with Crippen molar-refractivity contribution in [1.82, 2.24) is 4.90 Å². The summed E-state index contributed by atoms with van der Waals surface area (Å²) in [6.07, 6.45) is 13.2. The molecule has 1 saturated heterocycles. The third-order valence-corrected chi connectivity index (χ3v) is 6.68. The van der Waals surface area contributed by atoms with Crippen LogP contribution >= 0.6 is 0 Å². The molecule has 1 heterocycles. The summed E-state index contributed by atoms with van der Waals surface area (Å²) in [6, 6.07) is 11.1. The van der Waals surface area contributed by atoms with Gasteiger partial charge in [0.1, 0.15) is 0 Å². The summed E-state index contributed by atoms with van der Waals surface area (Å²) in [5.74, 6) is 2.06. The number of piperidine rings is 1. The average molecular weight is 283 g/mol. The van der Waals surface area contributed by atoms with Crippen LogP contribution in [0.25, 0.3) is 0 Å². The van der Waals surface area contributed by atoms with Crippen LogP contribution < -0.4 is 0 Å². The van der Waals surface area contributed by atoms with Gasteiger partial charge in [0.25, 0.3) is 0 Å². The minimum atomic E-state index is 0.605. The van der Waals surface area contributed by atoms with Crippen molar-refractivity contribution >= 4 is 0 Å². The lowest BCUT2D eigenvalue weighted by atomic mass is 9.57. The average Bonchev–Trinajstić information content (AvgIpc) is 2.56. The predicted octanol–water partition coefficient (Wildman–Crippen LogP) is 4.66. The Balaban J connectivity index is 1.49. The quantitative estimate of drug-likeness (QED) is 0.779. The molecule has 1 spiro atoms. The molecule has 1 aromatic rings. The molecule has 1 unspecified atom stereocenters. The van der Waals surface area contributed by atoms with Gasteiger partial charge in [-0.3, -0.25) is 4.90 Å². The van der Waals surface area contributed by atoms with Crippen molar-refractivity contribution in [1.29, 1.82) is 0 Å². The van der Waals surface area contributed by atoms with E-state index in [-0.39, 0.29) is 0 Å². The fourth-order valence-electron chi connectivity index (χ4n) is 5.62. The van der Waals surface area contributed by atoms with Gasteiger partial charge in [-0.15, -0.1) is 0 Å². The van der Waals surface area contributed by atoms with Gasteiger partial charge in [0.15, 0.2) is 0 Å².